The Morgan fingerprint density at radius 1 is 1.24 bits per heavy atom. The first-order valence-electron chi connectivity index (χ1n) is 10.1. The van der Waals surface area contributed by atoms with Crippen molar-refractivity contribution in [3.8, 4) is 5.75 Å². The van der Waals surface area contributed by atoms with Crippen LogP contribution >= 0.6 is 11.3 Å². The molecule has 7 heteroatoms. The van der Waals surface area contributed by atoms with E-state index in [1.165, 1.54) is 11.3 Å². The molecule has 1 aromatic carbocycles. The van der Waals surface area contributed by atoms with E-state index >= 15 is 0 Å². The molecule has 0 aliphatic carbocycles. The number of ether oxygens (including phenoxy) is 1. The van der Waals surface area contributed by atoms with Crippen LogP contribution < -0.4 is 15.6 Å². The lowest BCUT2D eigenvalue weighted by molar-refractivity contribution is 0.0955. The summed E-state index contributed by atoms with van der Waals surface area (Å²) in [7, 11) is 0. The third-order valence-corrected chi connectivity index (χ3v) is 6.42. The normalized spacial score (nSPS) is 13.7. The van der Waals surface area contributed by atoms with E-state index in [0.717, 1.165) is 49.4 Å². The highest BCUT2D eigenvalue weighted by Crippen LogP contribution is 2.28. The summed E-state index contributed by atoms with van der Waals surface area (Å²) < 4.78 is 7.45. The summed E-state index contributed by atoms with van der Waals surface area (Å²) in [6, 6.07) is 9.62. The van der Waals surface area contributed by atoms with Crippen molar-refractivity contribution < 1.29 is 9.53 Å². The summed E-state index contributed by atoms with van der Waals surface area (Å²) >= 11 is 1.32. The Labute approximate surface area is 173 Å². The van der Waals surface area contributed by atoms with Gasteiger partial charge in [-0.1, -0.05) is 24.6 Å². The zero-order valence-electron chi connectivity index (χ0n) is 16.6. The molecule has 0 radical (unpaired) electrons. The average molecular weight is 412 g/mol. The van der Waals surface area contributed by atoms with Crippen LogP contribution in [0.15, 0.2) is 35.1 Å². The molecule has 1 aliphatic rings. The molecule has 1 amide bonds. The van der Waals surface area contributed by atoms with E-state index in [1.807, 2.05) is 37.3 Å². The monoisotopic (exact) mass is 411 g/mol. The predicted octanol–water partition coefficient (Wildman–Crippen LogP) is 3.69. The zero-order chi connectivity index (χ0) is 20.2. The van der Waals surface area contributed by atoms with Crippen LogP contribution in [0.25, 0.3) is 10.2 Å². The Morgan fingerprint density at radius 2 is 2.07 bits per heavy atom. The summed E-state index contributed by atoms with van der Waals surface area (Å²) in [5.41, 5.74) is 0.732. The van der Waals surface area contributed by atoms with Crippen molar-refractivity contribution in [1.82, 2.24) is 14.9 Å². The lowest BCUT2D eigenvalue weighted by atomic mass is 10.2. The smallest absolute Gasteiger partial charge is 0.262 e. The molecule has 0 fully saturated rings. The number of benzene rings is 1. The third-order valence-electron chi connectivity index (χ3n) is 5.24. The number of fused-ring (bicyclic) bond motifs is 2. The van der Waals surface area contributed by atoms with Crippen molar-refractivity contribution >= 4 is 27.5 Å². The second-order valence-corrected chi connectivity index (χ2v) is 8.30. The Morgan fingerprint density at radius 3 is 2.90 bits per heavy atom. The van der Waals surface area contributed by atoms with Crippen LogP contribution in [-0.4, -0.2) is 28.6 Å². The van der Waals surface area contributed by atoms with Crippen molar-refractivity contribution in [3.05, 3.63) is 57.0 Å². The van der Waals surface area contributed by atoms with Gasteiger partial charge in [-0.3, -0.25) is 14.2 Å². The number of para-hydroxylation sites is 1. The number of rotatable bonds is 6. The van der Waals surface area contributed by atoms with Gasteiger partial charge in [-0.25, -0.2) is 4.98 Å². The van der Waals surface area contributed by atoms with Gasteiger partial charge in [0, 0.05) is 19.5 Å². The molecule has 3 heterocycles. The quantitative estimate of drug-likeness (QED) is 0.628. The van der Waals surface area contributed by atoms with E-state index in [4.69, 9.17) is 9.72 Å². The minimum atomic E-state index is -0.148. The van der Waals surface area contributed by atoms with E-state index in [0.29, 0.717) is 34.7 Å². The molecule has 0 saturated carbocycles. The number of carbonyl (C=O) groups is 1. The van der Waals surface area contributed by atoms with Gasteiger partial charge in [0.1, 0.15) is 16.4 Å². The zero-order valence-corrected chi connectivity index (χ0v) is 17.4. The van der Waals surface area contributed by atoms with Crippen molar-refractivity contribution in [1.29, 1.82) is 0 Å². The summed E-state index contributed by atoms with van der Waals surface area (Å²) in [6.45, 7) is 3.61. The van der Waals surface area contributed by atoms with Crippen LogP contribution in [0.2, 0.25) is 0 Å². The number of amides is 1. The van der Waals surface area contributed by atoms with Gasteiger partial charge in [-0.05, 0) is 43.9 Å². The van der Waals surface area contributed by atoms with Crippen molar-refractivity contribution in [3.63, 3.8) is 0 Å². The lowest BCUT2D eigenvalue weighted by Gasteiger charge is -2.08. The largest absolute Gasteiger partial charge is 0.494 e. The van der Waals surface area contributed by atoms with Gasteiger partial charge in [0.2, 0.25) is 0 Å². The molecule has 0 unspecified atom stereocenters. The molecule has 2 aromatic heterocycles. The summed E-state index contributed by atoms with van der Waals surface area (Å²) in [5.74, 6) is 1.53. The van der Waals surface area contributed by atoms with Gasteiger partial charge in [0.25, 0.3) is 11.5 Å². The molecule has 0 atom stereocenters. The van der Waals surface area contributed by atoms with Gasteiger partial charge in [0.05, 0.1) is 16.9 Å². The van der Waals surface area contributed by atoms with Crippen LogP contribution in [0.3, 0.4) is 0 Å². The fourth-order valence-corrected chi connectivity index (χ4v) is 4.79. The fraction of sp³-hybridized carbons (Fsp3) is 0.409. The molecular formula is C22H25N3O3S. The van der Waals surface area contributed by atoms with Gasteiger partial charge in [-0.15, -0.1) is 11.3 Å². The van der Waals surface area contributed by atoms with Crippen LogP contribution in [0.5, 0.6) is 5.75 Å². The van der Waals surface area contributed by atoms with Gasteiger partial charge in [-0.2, -0.15) is 0 Å². The van der Waals surface area contributed by atoms with Gasteiger partial charge in [0.15, 0.2) is 0 Å². The molecule has 0 saturated heterocycles. The third kappa shape index (κ3) is 4.19. The van der Waals surface area contributed by atoms with E-state index < -0.39 is 0 Å². The van der Waals surface area contributed by atoms with Crippen LogP contribution in [0, 0.1) is 6.92 Å². The van der Waals surface area contributed by atoms with Gasteiger partial charge < -0.3 is 10.1 Å². The maximum atomic E-state index is 13.0. The number of nitrogens with one attached hydrogen (secondary N) is 1. The molecule has 1 aliphatic heterocycles. The van der Waals surface area contributed by atoms with Crippen LogP contribution in [-0.2, 0) is 13.0 Å². The van der Waals surface area contributed by atoms with Crippen molar-refractivity contribution in [2.24, 2.45) is 0 Å². The highest BCUT2D eigenvalue weighted by molar-refractivity contribution is 7.20. The van der Waals surface area contributed by atoms with Crippen LogP contribution in [0.4, 0.5) is 0 Å². The molecule has 3 aromatic rings. The first kappa shape index (κ1) is 19.6. The maximum absolute atomic E-state index is 13.0. The Hall–Kier alpha value is -2.67. The number of thiophene rings is 1. The summed E-state index contributed by atoms with van der Waals surface area (Å²) in [5, 5.41) is 3.54. The minimum absolute atomic E-state index is 0.00374. The van der Waals surface area contributed by atoms with Crippen LogP contribution in [0.1, 0.15) is 46.7 Å². The van der Waals surface area contributed by atoms with E-state index in [-0.39, 0.29) is 11.5 Å². The fourth-order valence-electron chi connectivity index (χ4n) is 3.69. The first-order chi connectivity index (χ1) is 14.1. The number of hydrogen-bond acceptors (Lipinski definition) is 5. The van der Waals surface area contributed by atoms with Crippen molar-refractivity contribution in [2.75, 3.05) is 13.2 Å². The van der Waals surface area contributed by atoms with E-state index in [2.05, 4.69) is 5.32 Å². The molecule has 0 bridgehead atoms. The summed E-state index contributed by atoms with van der Waals surface area (Å²) in [6.07, 6.45) is 4.71. The topological polar surface area (TPSA) is 73.2 Å². The highest BCUT2D eigenvalue weighted by Gasteiger charge is 2.22. The second kappa shape index (κ2) is 8.78. The number of hydrogen-bond donors (Lipinski definition) is 1. The number of aryl methyl sites for hydroxylation is 2. The predicted molar refractivity (Wildman–Crippen MR) is 115 cm³/mol. The van der Waals surface area contributed by atoms with E-state index in [9.17, 15) is 9.59 Å². The maximum Gasteiger partial charge on any atom is 0.262 e. The standard InChI is InChI=1S/C22H25N3O3S/c1-15-18-21(24-17-11-6-3-7-13-25(17)22(18)27)29-19(15)20(26)23-12-8-14-28-16-9-4-2-5-10-16/h2,4-5,9-10H,3,6-8,11-14H2,1H3,(H,23,26). The molecular weight excluding hydrogens is 386 g/mol. The lowest BCUT2D eigenvalue weighted by Crippen LogP contribution is -2.26. The Balaban J connectivity index is 1.43. The van der Waals surface area contributed by atoms with E-state index in [1.54, 1.807) is 4.57 Å². The molecule has 0 spiro atoms. The number of aromatic nitrogens is 2. The average Bonchev–Trinajstić information content (AvgIpc) is 2.89. The number of carbonyl (C=O) groups excluding carboxylic acids is 1. The van der Waals surface area contributed by atoms with Gasteiger partial charge >= 0.3 is 0 Å². The second-order valence-electron chi connectivity index (χ2n) is 7.30. The Bertz CT molecular complexity index is 1070. The molecule has 29 heavy (non-hydrogen) atoms. The SMILES string of the molecule is Cc1c(C(=O)NCCCOc2ccccc2)sc2nc3n(c(=O)c12)CCCCC3. The molecule has 4 rings (SSSR count). The first-order valence-corrected chi connectivity index (χ1v) is 11.0. The summed E-state index contributed by atoms with van der Waals surface area (Å²) in [4.78, 5) is 31.7. The highest BCUT2D eigenvalue weighted by atomic mass is 32.1. The number of nitrogens with zero attached hydrogens (tertiary/aromatic N) is 2. The Kier molecular flexibility index (Phi) is 5.94. The molecule has 152 valence electrons. The van der Waals surface area contributed by atoms with Crippen molar-refractivity contribution in [2.45, 2.75) is 45.6 Å². The molecule has 1 N–H and O–H groups in total. The molecule has 6 nitrogen and oxygen atoms in total. The minimum Gasteiger partial charge on any atom is -0.494 e.